The third kappa shape index (κ3) is 2.51. The lowest BCUT2D eigenvalue weighted by Gasteiger charge is -2.12. The van der Waals surface area contributed by atoms with Crippen LogP contribution in [0.1, 0.15) is 30.2 Å². The molecule has 2 aromatic rings. The van der Waals surface area contributed by atoms with E-state index < -0.39 is 0 Å². The molecule has 18 heavy (non-hydrogen) atoms. The fraction of sp³-hybridized carbons (Fsp3) is 0.385. The highest BCUT2D eigenvalue weighted by Crippen LogP contribution is 2.17. The van der Waals surface area contributed by atoms with Gasteiger partial charge in [0.1, 0.15) is 17.4 Å². The molecule has 1 aromatic heterocycles. The Kier molecular flexibility index (Phi) is 3.62. The fourth-order valence-electron chi connectivity index (χ4n) is 2.04. The molecule has 0 aliphatic carbocycles. The highest BCUT2D eigenvalue weighted by atomic mass is 16.3. The topological polar surface area (TPSA) is 77.0 Å². The first-order chi connectivity index (χ1) is 8.61. The molecule has 0 spiro atoms. The smallest absolute Gasteiger partial charge is 0.150 e. The Bertz CT molecular complexity index is 518. The lowest BCUT2D eigenvalue weighted by atomic mass is 10.1. The summed E-state index contributed by atoms with van der Waals surface area (Å²) in [6.45, 7) is 4.79. The zero-order valence-electron chi connectivity index (χ0n) is 10.7. The molecular formula is C13H18N4O. The van der Waals surface area contributed by atoms with Gasteiger partial charge in [-0.15, -0.1) is 10.2 Å². The second kappa shape index (κ2) is 5.18. The van der Waals surface area contributed by atoms with Crippen molar-refractivity contribution in [2.45, 2.75) is 32.9 Å². The maximum absolute atomic E-state index is 9.24. The third-order valence-corrected chi connectivity index (χ3v) is 3.00. The number of phenols is 1. The van der Waals surface area contributed by atoms with E-state index in [-0.39, 0.29) is 11.8 Å². The van der Waals surface area contributed by atoms with Gasteiger partial charge in [0.25, 0.3) is 0 Å². The van der Waals surface area contributed by atoms with Crippen LogP contribution in [0.3, 0.4) is 0 Å². The van der Waals surface area contributed by atoms with Crippen LogP contribution in [0, 0.1) is 6.92 Å². The van der Waals surface area contributed by atoms with Crippen LogP contribution < -0.4 is 5.73 Å². The summed E-state index contributed by atoms with van der Waals surface area (Å²) < 4.78 is 2.02. The number of phenolic OH excluding ortho intramolecular Hbond substituents is 1. The number of nitrogens with zero attached hydrogens (tertiary/aromatic N) is 3. The average Bonchev–Trinajstić information content (AvgIpc) is 2.73. The minimum Gasteiger partial charge on any atom is -0.508 e. The first-order valence-corrected chi connectivity index (χ1v) is 6.05. The van der Waals surface area contributed by atoms with Crippen molar-refractivity contribution in [3.05, 3.63) is 41.5 Å². The van der Waals surface area contributed by atoms with Gasteiger partial charge >= 0.3 is 0 Å². The van der Waals surface area contributed by atoms with E-state index in [2.05, 4.69) is 10.2 Å². The number of hydrogen-bond acceptors (Lipinski definition) is 4. The van der Waals surface area contributed by atoms with Gasteiger partial charge in [-0.2, -0.15) is 0 Å². The van der Waals surface area contributed by atoms with Crippen molar-refractivity contribution in [2.75, 3.05) is 0 Å². The molecule has 1 atom stereocenters. The van der Waals surface area contributed by atoms with Gasteiger partial charge in [-0.05, 0) is 38.0 Å². The summed E-state index contributed by atoms with van der Waals surface area (Å²) in [6.07, 6.45) is 0.679. The Labute approximate surface area is 106 Å². The van der Waals surface area contributed by atoms with E-state index in [1.54, 1.807) is 12.1 Å². The minimum absolute atomic E-state index is 0.185. The first kappa shape index (κ1) is 12.6. The van der Waals surface area contributed by atoms with Crippen LogP contribution in [0.2, 0.25) is 0 Å². The maximum Gasteiger partial charge on any atom is 0.150 e. The lowest BCUT2D eigenvalue weighted by Crippen LogP contribution is -2.19. The molecule has 1 aromatic carbocycles. The molecular weight excluding hydrogens is 228 g/mol. The second-order valence-corrected chi connectivity index (χ2v) is 4.33. The Balaban J connectivity index is 2.16. The van der Waals surface area contributed by atoms with Gasteiger partial charge in [0.2, 0.25) is 0 Å². The van der Waals surface area contributed by atoms with Crippen LogP contribution in [-0.4, -0.2) is 19.9 Å². The van der Waals surface area contributed by atoms with Crippen LogP contribution in [0.4, 0.5) is 0 Å². The van der Waals surface area contributed by atoms with Crippen molar-refractivity contribution in [3.8, 4) is 5.75 Å². The molecule has 0 aliphatic rings. The molecule has 0 aliphatic heterocycles. The monoisotopic (exact) mass is 246 g/mol. The number of benzene rings is 1. The summed E-state index contributed by atoms with van der Waals surface area (Å²) in [5, 5.41) is 17.4. The largest absolute Gasteiger partial charge is 0.508 e. The number of rotatable bonds is 4. The molecule has 0 saturated carbocycles. The van der Waals surface area contributed by atoms with Crippen molar-refractivity contribution in [1.82, 2.24) is 14.8 Å². The van der Waals surface area contributed by atoms with Gasteiger partial charge in [0.15, 0.2) is 0 Å². The van der Waals surface area contributed by atoms with E-state index in [0.29, 0.717) is 6.42 Å². The molecule has 0 unspecified atom stereocenters. The first-order valence-electron chi connectivity index (χ1n) is 6.05. The van der Waals surface area contributed by atoms with Gasteiger partial charge < -0.3 is 15.4 Å². The molecule has 96 valence electrons. The molecule has 5 nitrogen and oxygen atoms in total. The Morgan fingerprint density at radius 2 is 1.94 bits per heavy atom. The Hall–Kier alpha value is -1.88. The molecule has 0 fully saturated rings. The van der Waals surface area contributed by atoms with Crippen LogP contribution in [0.5, 0.6) is 5.75 Å². The number of aromatic nitrogens is 3. The summed E-state index contributed by atoms with van der Waals surface area (Å²) >= 11 is 0. The minimum atomic E-state index is -0.185. The van der Waals surface area contributed by atoms with Crippen molar-refractivity contribution < 1.29 is 5.11 Å². The van der Waals surface area contributed by atoms with Crippen molar-refractivity contribution in [3.63, 3.8) is 0 Å². The predicted octanol–water partition coefficient (Wildman–Crippen LogP) is 1.55. The maximum atomic E-state index is 9.24. The molecule has 0 saturated heterocycles. The Morgan fingerprint density at radius 3 is 2.56 bits per heavy atom. The molecule has 1 heterocycles. The van der Waals surface area contributed by atoms with E-state index >= 15 is 0 Å². The molecule has 0 amide bonds. The summed E-state index contributed by atoms with van der Waals surface area (Å²) in [5.41, 5.74) is 7.24. The quantitative estimate of drug-likeness (QED) is 0.858. The number of nitrogens with two attached hydrogens (primary N) is 1. The van der Waals surface area contributed by atoms with Gasteiger partial charge in [-0.25, -0.2) is 0 Å². The van der Waals surface area contributed by atoms with Crippen molar-refractivity contribution in [1.29, 1.82) is 0 Å². The van der Waals surface area contributed by atoms with Crippen LogP contribution in [0.25, 0.3) is 0 Å². The summed E-state index contributed by atoms with van der Waals surface area (Å²) in [4.78, 5) is 0. The van der Waals surface area contributed by atoms with E-state index in [1.807, 2.05) is 30.5 Å². The van der Waals surface area contributed by atoms with E-state index in [1.165, 1.54) is 0 Å². The molecule has 2 rings (SSSR count). The van der Waals surface area contributed by atoms with Crippen LogP contribution >= 0.6 is 0 Å². The van der Waals surface area contributed by atoms with E-state index in [0.717, 1.165) is 23.8 Å². The lowest BCUT2D eigenvalue weighted by molar-refractivity contribution is 0.475. The van der Waals surface area contributed by atoms with Gasteiger partial charge in [-0.1, -0.05) is 12.1 Å². The van der Waals surface area contributed by atoms with E-state index in [4.69, 9.17) is 5.73 Å². The zero-order valence-corrected chi connectivity index (χ0v) is 10.7. The third-order valence-electron chi connectivity index (χ3n) is 3.00. The van der Waals surface area contributed by atoms with Crippen LogP contribution in [-0.2, 0) is 13.0 Å². The normalized spacial score (nSPS) is 12.6. The highest BCUT2D eigenvalue weighted by Gasteiger charge is 2.15. The molecule has 0 bridgehead atoms. The van der Waals surface area contributed by atoms with Crippen LogP contribution in [0.15, 0.2) is 24.3 Å². The summed E-state index contributed by atoms with van der Waals surface area (Å²) in [5.74, 6) is 1.96. The molecule has 0 radical (unpaired) electrons. The number of aryl methyl sites for hydroxylation is 1. The van der Waals surface area contributed by atoms with Crippen molar-refractivity contribution >= 4 is 0 Å². The summed E-state index contributed by atoms with van der Waals surface area (Å²) in [7, 11) is 0. The van der Waals surface area contributed by atoms with E-state index in [9.17, 15) is 5.11 Å². The zero-order chi connectivity index (χ0) is 13.1. The standard InChI is InChI=1S/C13H18N4O/c1-3-17-9(2)15-16-13(17)12(14)8-10-4-6-11(18)7-5-10/h4-7,12,18H,3,8,14H2,1-2H3/t12-/m1/s1. The highest BCUT2D eigenvalue weighted by molar-refractivity contribution is 5.26. The average molecular weight is 246 g/mol. The van der Waals surface area contributed by atoms with Gasteiger partial charge in [0.05, 0.1) is 6.04 Å². The predicted molar refractivity (Wildman–Crippen MR) is 69.2 cm³/mol. The fourth-order valence-corrected chi connectivity index (χ4v) is 2.04. The number of hydrogen-bond donors (Lipinski definition) is 2. The molecule has 5 heteroatoms. The molecule has 3 N–H and O–H groups in total. The SMILES string of the molecule is CCn1c(C)nnc1[C@H](N)Cc1ccc(O)cc1. The summed E-state index contributed by atoms with van der Waals surface area (Å²) in [6, 6.07) is 6.88. The van der Waals surface area contributed by atoms with Gasteiger partial charge in [-0.3, -0.25) is 0 Å². The van der Waals surface area contributed by atoms with Gasteiger partial charge in [0, 0.05) is 6.54 Å². The Morgan fingerprint density at radius 1 is 1.28 bits per heavy atom. The van der Waals surface area contributed by atoms with Crippen molar-refractivity contribution in [2.24, 2.45) is 5.73 Å². The second-order valence-electron chi connectivity index (χ2n) is 4.33. The number of aromatic hydroxyl groups is 1.